The summed E-state index contributed by atoms with van der Waals surface area (Å²) in [4.78, 5) is 0. The van der Waals surface area contributed by atoms with Crippen LogP contribution in [0.25, 0.3) is 5.69 Å². The lowest BCUT2D eigenvalue weighted by Gasteiger charge is -2.14. The van der Waals surface area contributed by atoms with E-state index in [1.165, 1.54) is 0 Å². The Morgan fingerprint density at radius 1 is 1.10 bits per heavy atom. The summed E-state index contributed by atoms with van der Waals surface area (Å²) in [5.74, 6) is 0. The normalized spacial score (nSPS) is 12.3. The van der Waals surface area contributed by atoms with Crippen LogP contribution in [0, 0.1) is 6.92 Å². The van der Waals surface area contributed by atoms with Crippen molar-refractivity contribution >= 4 is 15.9 Å². The first-order valence-electron chi connectivity index (χ1n) is 6.77. The standard InChI is InChI=1S/C17H16BrN3/c1-12-15(8-5-9-16(12)18)17(19)13-10-20-21(11-13)14-6-3-2-4-7-14/h2-11,17H,19H2,1H3. The molecule has 0 amide bonds. The van der Waals surface area contributed by atoms with E-state index >= 15 is 0 Å². The van der Waals surface area contributed by atoms with Crippen LogP contribution in [-0.2, 0) is 0 Å². The maximum atomic E-state index is 6.40. The van der Waals surface area contributed by atoms with Gasteiger partial charge >= 0.3 is 0 Å². The highest BCUT2D eigenvalue weighted by Crippen LogP contribution is 2.27. The monoisotopic (exact) mass is 341 g/mol. The molecular formula is C17H16BrN3. The second kappa shape index (κ2) is 5.84. The Morgan fingerprint density at radius 2 is 1.86 bits per heavy atom. The molecule has 3 rings (SSSR count). The van der Waals surface area contributed by atoms with E-state index in [-0.39, 0.29) is 6.04 Å². The van der Waals surface area contributed by atoms with Crippen LogP contribution >= 0.6 is 15.9 Å². The third-order valence-electron chi connectivity index (χ3n) is 3.63. The number of benzene rings is 2. The lowest BCUT2D eigenvalue weighted by Crippen LogP contribution is -2.12. The Bertz CT molecular complexity index is 750. The molecule has 0 aliphatic carbocycles. The van der Waals surface area contributed by atoms with Crippen LogP contribution in [-0.4, -0.2) is 9.78 Å². The molecule has 2 N–H and O–H groups in total. The van der Waals surface area contributed by atoms with Gasteiger partial charge in [0.2, 0.25) is 0 Å². The summed E-state index contributed by atoms with van der Waals surface area (Å²) >= 11 is 3.55. The minimum atomic E-state index is -0.181. The smallest absolute Gasteiger partial charge is 0.0645 e. The van der Waals surface area contributed by atoms with Crippen molar-refractivity contribution in [2.45, 2.75) is 13.0 Å². The summed E-state index contributed by atoms with van der Waals surface area (Å²) in [6, 6.07) is 15.9. The van der Waals surface area contributed by atoms with Crippen molar-refractivity contribution in [3.63, 3.8) is 0 Å². The number of nitrogens with zero attached hydrogens (tertiary/aromatic N) is 2. The predicted octanol–water partition coefficient (Wildman–Crippen LogP) is 3.99. The van der Waals surface area contributed by atoms with Crippen LogP contribution < -0.4 is 5.73 Å². The van der Waals surface area contributed by atoms with E-state index in [9.17, 15) is 0 Å². The zero-order valence-electron chi connectivity index (χ0n) is 11.7. The second-order valence-electron chi connectivity index (χ2n) is 4.99. The fourth-order valence-electron chi connectivity index (χ4n) is 2.36. The van der Waals surface area contributed by atoms with Gasteiger partial charge < -0.3 is 5.73 Å². The Kier molecular flexibility index (Phi) is 3.90. The summed E-state index contributed by atoms with van der Waals surface area (Å²) in [5, 5.41) is 4.41. The SMILES string of the molecule is Cc1c(Br)cccc1C(N)c1cnn(-c2ccccc2)c1. The van der Waals surface area contributed by atoms with Crippen molar-refractivity contribution in [1.29, 1.82) is 0 Å². The molecule has 21 heavy (non-hydrogen) atoms. The Labute approximate surface area is 132 Å². The molecule has 1 heterocycles. The summed E-state index contributed by atoms with van der Waals surface area (Å²) in [7, 11) is 0. The lowest BCUT2D eigenvalue weighted by molar-refractivity contribution is 0.854. The highest BCUT2D eigenvalue weighted by molar-refractivity contribution is 9.10. The Hall–Kier alpha value is -1.91. The van der Waals surface area contributed by atoms with Gasteiger partial charge in [-0.15, -0.1) is 0 Å². The van der Waals surface area contributed by atoms with Crippen LogP contribution in [0.2, 0.25) is 0 Å². The van der Waals surface area contributed by atoms with Gasteiger partial charge in [-0.3, -0.25) is 0 Å². The third-order valence-corrected chi connectivity index (χ3v) is 4.49. The summed E-state index contributed by atoms with van der Waals surface area (Å²) < 4.78 is 2.92. The molecule has 1 unspecified atom stereocenters. The summed E-state index contributed by atoms with van der Waals surface area (Å²) in [6.07, 6.45) is 3.82. The number of halogens is 1. The molecule has 3 nitrogen and oxygen atoms in total. The van der Waals surface area contributed by atoms with Crippen molar-refractivity contribution in [1.82, 2.24) is 9.78 Å². The van der Waals surface area contributed by atoms with Crippen molar-refractivity contribution in [2.75, 3.05) is 0 Å². The molecule has 2 aromatic carbocycles. The van der Waals surface area contributed by atoms with Gasteiger partial charge in [0.05, 0.1) is 17.9 Å². The first-order valence-corrected chi connectivity index (χ1v) is 7.56. The molecule has 0 spiro atoms. The number of hydrogen-bond donors (Lipinski definition) is 1. The predicted molar refractivity (Wildman–Crippen MR) is 88.5 cm³/mol. The van der Waals surface area contributed by atoms with Gasteiger partial charge in [0, 0.05) is 16.2 Å². The Balaban J connectivity index is 1.95. The highest BCUT2D eigenvalue weighted by Gasteiger charge is 2.14. The number of rotatable bonds is 3. The average Bonchev–Trinajstić information content (AvgIpc) is 3.00. The second-order valence-corrected chi connectivity index (χ2v) is 5.84. The fourth-order valence-corrected chi connectivity index (χ4v) is 2.74. The number of aromatic nitrogens is 2. The minimum absolute atomic E-state index is 0.181. The lowest BCUT2D eigenvalue weighted by atomic mass is 9.98. The van der Waals surface area contributed by atoms with E-state index in [0.717, 1.165) is 26.9 Å². The Morgan fingerprint density at radius 3 is 2.62 bits per heavy atom. The van der Waals surface area contributed by atoms with Gasteiger partial charge in [-0.25, -0.2) is 4.68 Å². The van der Waals surface area contributed by atoms with E-state index in [1.54, 1.807) is 0 Å². The molecule has 0 aliphatic rings. The zero-order chi connectivity index (χ0) is 14.8. The van der Waals surface area contributed by atoms with Crippen molar-refractivity contribution in [3.8, 4) is 5.69 Å². The fraction of sp³-hybridized carbons (Fsp3) is 0.118. The zero-order valence-corrected chi connectivity index (χ0v) is 13.3. The molecule has 0 bridgehead atoms. The molecule has 1 aromatic heterocycles. The van der Waals surface area contributed by atoms with Crippen LogP contribution in [0.15, 0.2) is 65.4 Å². The maximum absolute atomic E-state index is 6.40. The van der Waals surface area contributed by atoms with Crippen LogP contribution in [0.1, 0.15) is 22.7 Å². The number of hydrogen-bond acceptors (Lipinski definition) is 2. The third kappa shape index (κ3) is 2.77. The molecule has 0 saturated heterocycles. The van der Waals surface area contributed by atoms with Crippen molar-refractivity contribution in [2.24, 2.45) is 5.73 Å². The quantitative estimate of drug-likeness (QED) is 0.782. The van der Waals surface area contributed by atoms with E-state index in [4.69, 9.17) is 5.73 Å². The van der Waals surface area contributed by atoms with E-state index in [0.29, 0.717) is 0 Å². The topological polar surface area (TPSA) is 43.8 Å². The summed E-state index contributed by atoms with van der Waals surface area (Å²) in [5.41, 5.74) is 10.7. The minimum Gasteiger partial charge on any atom is -0.320 e. The van der Waals surface area contributed by atoms with Gasteiger partial charge in [-0.1, -0.05) is 46.3 Å². The molecule has 1 atom stereocenters. The van der Waals surface area contributed by atoms with Crippen LogP contribution in [0.5, 0.6) is 0 Å². The maximum Gasteiger partial charge on any atom is 0.0645 e. The number of para-hydroxylation sites is 1. The van der Waals surface area contributed by atoms with Gasteiger partial charge in [0.15, 0.2) is 0 Å². The van der Waals surface area contributed by atoms with Crippen molar-refractivity contribution < 1.29 is 0 Å². The van der Waals surface area contributed by atoms with Gasteiger partial charge in [-0.2, -0.15) is 5.10 Å². The molecule has 0 radical (unpaired) electrons. The van der Waals surface area contributed by atoms with Crippen LogP contribution in [0.3, 0.4) is 0 Å². The molecule has 106 valence electrons. The molecule has 0 aliphatic heterocycles. The molecule has 4 heteroatoms. The van der Waals surface area contributed by atoms with E-state index in [1.807, 2.05) is 59.5 Å². The first-order chi connectivity index (χ1) is 10.2. The molecule has 0 fully saturated rings. The van der Waals surface area contributed by atoms with E-state index < -0.39 is 0 Å². The van der Waals surface area contributed by atoms with Gasteiger partial charge in [0.25, 0.3) is 0 Å². The number of nitrogens with two attached hydrogens (primary N) is 1. The van der Waals surface area contributed by atoms with Gasteiger partial charge in [0.1, 0.15) is 0 Å². The highest BCUT2D eigenvalue weighted by atomic mass is 79.9. The van der Waals surface area contributed by atoms with Crippen LogP contribution in [0.4, 0.5) is 0 Å². The largest absolute Gasteiger partial charge is 0.320 e. The molecular weight excluding hydrogens is 326 g/mol. The molecule has 0 saturated carbocycles. The van der Waals surface area contributed by atoms with Crippen molar-refractivity contribution in [3.05, 3.63) is 82.1 Å². The molecule has 3 aromatic rings. The first kappa shape index (κ1) is 14.0. The summed E-state index contributed by atoms with van der Waals surface area (Å²) in [6.45, 7) is 2.07. The van der Waals surface area contributed by atoms with Gasteiger partial charge in [-0.05, 0) is 36.2 Å². The average molecular weight is 342 g/mol. The van der Waals surface area contributed by atoms with E-state index in [2.05, 4.69) is 34.0 Å².